The summed E-state index contributed by atoms with van der Waals surface area (Å²) < 4.78 is 3.34. The Hall–Kier alpha value is -5.63. The van der Waals surface area contributed by atoms with Crippen LogP contribution in [0.1, 0.15) is 34.9 Å². The van der Waals surface area contributed by atoms with E-state index in [0.717, 1.165) is 53.4 Å². The number of carbonyl (C=O) groups is 2. The molecule has 0 bridgehead atoms. The number of amides is 2. The summed E-state index contributed by atoms with van der Waals surface area (Å²) >= 11 is 1.72. The summed E-state index contributed by atoms with van der Waals surface area (Å²) in [5.41, 5.74) is 5.34. The Labute approximate surface area is 286 Å². The SMILES string of the molecule is O=C(NC1CCN(c2ccc3nncn3n2)C1)C1c2ccccc2CCN1C(=O)CCn1cc(-c2cccc(NCc3cccs3)c2)nn1. The lowest BCUT2D eigenvalue weighted by atomic mass is 9.91. The highest BCUT2D eigenvalue weighted by Crippen LogP contribution is 2.31. The summed E-state index contributed by atoms with van der Waals surface area (Å²) in [5.74, 6) is 0.551. The van der Waals surface area contributed by atoms with E-state index in [0.29, 0.717) is 31.7 Å². The van der Waals surface area contributed by atoms with Gasteiger partial charge in [-0.1, -0.05) is 47.7 Å². The molecule has 2 unspecified atom stereocenters. The van der Waals surface area contributed by atoms with Crippen LogP contribution in [0.25, 0.3) is 16.9 Å². The third kappa shape index (κ3) is 6.59. The van der Waals surface area contributed by atoms with Gasteiger partial charge in [0.05, 0.1) is 12.7 Å². The van der Waals surface area contributed by atoms with Crippen LogP contribution in [0.2, 0.25) is 0 Å². The van der Waals surface area contributed by atoms with Crippen LogP contribution in [0.5, 0.6) is 0 Å². The zero-order valence-corrected chi connectivity index (χ0v) is 27.5. The topological polar surface area (TPSA) is 138 Å². The zero-order valence-electron chi connectivity index (χ0n) is 26.7. The van der Waals surface area contributed by atoms with E-state index in [2.05, 4.69) is 58.7 Å². The van der Waals surface area contributed by atoms with Crippen LogP contribution in [0.3, 0.4) is 0 Å². The summed E-state index contributed by atoms with van der Waals surface area (Å²) in [6, 6.07) is 23.2. The number of thiophene rings is 1. The summed E-state index contributed by atoms with van der Waals surface area (Å²) in [7, 11) is 0. The highest BCUT2D eigenvalue weighted by atomic mass is 32.1. The third-order valence-corrected chi connectivity index (χ3v) is 10.0. The van der Waals surface area contributed by atoms with Gasteiger partial charge in [-0.3, -0.25) is 14.3 Å². The molecule has 4 aromatic heterocycles. The first-order chi connectivity index (χ1) is 24.1. The highest BCUT2D eigenvalue weighted by Gasteiger charge is 2.37. The third-order valence-electron chi connectivity index (χ3n) is 9.16. The monoisotopic (exact) mass is 673 g/mol. The van der Waals surface area contributed by atoms with Crippen molar-refractivity contribution >= 4 is 40.3 Å². The van der Waals surface area contributed by atoms with Crippen molar-refractivity contribution in [2.24, 2.45) is 0 Å². The van der Waals surface area contributed by atoms with Gasteiger partial charge in [0.1, 0.15) is 23.9 Å². The first-order valence-electron chi connectivity index (χ1n) is 16.4. The second-order valence-electron chi connectivity index (χ2n) is 12.3. The molecular formula is C35H35N11O2S. The fraction of sp³-hybridized carbons (Fsp3) is 0.286. The normalized spacial score (nSPS) is 17.3. The number of nitrogens with one attached hydrogen (secondary N) is 2. The minimum atomic E-state index is -0.700. The largest absolute Gasteiger partial charge is 0.380 e. The number of anilines is 2. The van der Waals surface area contributed by atoms with Gasteiger partial charge in [0, 0.05) is 54.8 Å². The molecule has 2 amide bonds. The lowest BCUT2D eigenvalue weighted by Gasteiger charge is -2.37. The molecule has 1 saturated heterocycles. The lowest BCUT2D eigenvalue weighted by Crippen LogP contribution is -2.50. The Morgan fingerprint density at radius 2 is 1.92 bits per heavy atom. The maximum atomic E-state index is 14.0. The number of fused-ring (bicyclic) bond motifs is 2. The van der Waals surface area contributed by atoms with Gasteiger partial charge in [-0.05, 0) is 59.7 Å². The quantitative estimate of drug-likeness (QED) is 0.221. The molecular weight excluding hydrogens is 639 g/mol. The van der Waals surface area contributed by atoms with Crippen LogP contribution in [0.15, 0.2) is 90.7 Å². The fourth-order valence-electron chi connectivity index (χ4n) is 6.66. The smallest absolute Gasteiger partial charge is 0.247 e. The zero-order chi connectivity index (χ0) is 33.2. The molecule has 6 heterocycles. The molecule has 8 rings (SSSR count). The first-order valence-corrected chi connectivity index (χ1v) is 17.3. The van der Waals surface area contributed by atoms with Gasteiger partial charge >= 0.3 is 0 Å². The maximum Gasteiger partial charge on any atom is 0.247 e. The van der Waals surface area contributed by atoms with Gasteiger partial charge < -0.3 is 20.4 Å². The number of hydrogen-bond acceptors (Lipinski definition) is 10. The van der Waals surface area contributed by atoms with Crippen molar-refractivity contribution in [1.29, 1.82) is 0 Å². The molecule has 2 aliphatic rings. The minimum absolute atomic E-state index is 0.0742. The number of rotatable bonds is 10. The molecule has 2 atom stereocenters. The molecule has 2 aliphatic heterocycles. The molecule has 0 aliphatic carbocycles. The molecule has 0 spiro atoms. The molecule has 6 aromatic rings. The summed E-state index contributed by atoms with van der Waals surface area (Å²) in [5, 5.41) is 30.0. The second kappa shape index (κ2) is 13.5. The van der Waals surface area contributed by atoms with Crippen LogP contribution >= 0.6 is 11.3 Å². The summed E-state index contributed by atoms with van der Waals surface area (Å²) in [6.45, 7) is 2.97. The van der Waals surface area contributed by atoms with Crippen LogP contribution < -0.4 is 15.5 Å². The average Bonchev–Trinajstić information content (AvgIpc) is 3.97. The van der Waals surface area contributed by atoms with E-state index in [1.165, 1.54) is 4.88 Å². The average molecular weight is 674 g/mol. The van der Waals surface area contributed by atoms with Gasteiger partial charge in [0.25, 0.3) is 0 Å². The van der Waals surface area contributed by atoms with E-state index in [-0.39, 0.29) is 24.3 Å². The number of nitrogens with zero attached hydrogens (tertiary/aromatic N) is 9. The molecule has 2 N–H and O–H groups in total. The maximum absolute atomic E-state index is 14.0. The van der Waals surface area contributed by atoms with Crippen molar-refractivity contribution in [2.45, 2.75) is 44.4 Å². The van der Waals surface area contributed by atoms with Crippen molar-refractivity contribution in [3.63, 3.8) is 0 Å². The van der Waals surface area contributed by atoms with Crippen molar-refractivity contribution in [2.75, 3.05) is 29.9 Å². The Morgan fingerprint density at radius 3 is 2.84 bits per heavy atom. The van der Waals surface area contributed by atoms with Gasteiger partial charge in [-0.2, -0.15) is 4.52 Å². The molecule has 13 nitrogen and oxygen atoms in total. The predicted octanol–water partition coefficient (Wildman–Crippen LogP) is 3.97. The molecule has 248 valence electrons. The first kappa shape index (κ1) is 30.7. The molecule has 0 radical (unpaired) electrons. The molecule has 14 heteroatoms. The molecule has 2 aromatic carbocycles. The van der Waals surface area contributed by atoms with Crippen molar-refractivity contribution in [3.05, 3.63) is 107 Å². The summed E-state index contributed by atoms with van der Waals surface area (Å²) in [4.78, 5) is 32.9. The van der Waals surface area contributed by atoms with E-state index in [9.17, 15) is 9.59 Å². The van der Waals surface area contributed by atoms with Gasteiger partial charge in [0.2, 0.25) is 11.8 Å². The van der Waals surface area contributed by atoms with Gasteiger partial charge in [-0.15, -0.1) is 31.7 Å². The minimum Gasteiger partial charge on any atom is -0.380 e. The second-order valence-corrected chi connectivity index (χ2v) is 13.4. The highest BCUT2D eigenvalue weighted by molar-refractivity contribution is 7.09. The van der Waals surface area contributed by atoms with E-state index < -0.39 is 6.04 Å². The van der Waals surface area contributed by atoms with Crippen LogP contribution in [0, 0.1) is 0 Å². The van der Waals surface area contributed by atoms with E-state index in [4.69, 9.17) is 0 Å². The van der Waals surface area contributed by atoms with Crippen LogP contribution in [0.4, 0.5) is 11.5 Å². The molecule has 0 saturated carbocycles. The Balaban J connectivity index is 0.917. The van der Waals surface area contributed by atoms with Gasteiger partial charge in [0.15, 0.2) is 5.65 Å². The van der Waals surface area contributed by atoms with Crippen LogP contribution in [-0.2, 0) is 29.1 Å². The predicted molar refractivity (Wildman–Crippen MR) is 186 cm³/mol. The number of aryl methyl sites for hydroxylation is 1. The van der Waals surface area contributed by atoms with E-state index >= 15 is 0 Å². The number of carbonyl (C=O) groups excluding carboxylic acids is 2. The number of aromatic nitrogens is 7. The lowest BCUT2D eigenvalue weighted by molar-refractivity contribution is -0.141. The van der Waals surface area contributed by atoms with Crippen LogP contribution in [-0.4, -0.2) is 77.2 Å². The summed E-state index contributed by atoms with van der Waals surface area (Å²) in [6.07, 6.45) is 5.12. The Kier molecular flexibility index (Phi) is 8.44. The molecule has 1 fully saturated rings. The van der Waals surface area contributed by atoms with E-state index in [1.54, 1.807) is 31.8 Å². The van der Waals surface area contributed by atoms with Crippen molar-refractivity contribution < 1.29 is 9.59 Å². The Morgan fingerprint density at radius 1 is 0.980 bits per heavy atom. The Bertz CT molecular complexity index is 2090. The van der Waals surface area contributed by atoms with Gasteiger partial charge in [-0.25, -0.2) is 0 Å². The standard InChI is InChI=1S/C35H35N11O2S/c47-33(14-16-44-22-30(39-42-44)25-6-3-7-26(19-25)36-20-28-8-4-18-49-28)45-17-12-24-5-1-2-9-29(24)34(45)35(48)38-27-13-15-43(21-27)32-11-10-31-40-37-23-46(31)41-32/h1-11,18-19,22-23,27,34,36H,12-17,20-21H2,(H,38,48). The van der Waals surface area contributed by atoms with Crippen molar-refractivity contribution in [3.8, 4) is 11.3 Å². The number of benzene rings is 2. The molecule has 49 heavy (non-hydrogen) atoms. The van der Waals surface area contributed by atoms with Crippen molar-refractivity contribution in [1.82, 2.24) is 45.0 Å². The fourth-order valence-corrected chi connectivity index (χ4v) is 7.30. The van der Waals surface area contributed by atoms with E-state index in [1.807, 2.05) is 66.9 Å². The number of hydrogen-bond donors (Lipinski definition) is 2.